The molecule has 0 amide bonds. The topological polar surface area (TPSA) is 70.2 Å². The molecule has 2 aromatic rings. The van der Waals surface area contributed by atoms with Gasteiger partial charge < -0.3 is 4.74 Å². The molecule has 6 nitrogen and oxygen atoms in total. The first-order valence-electron chi connectivity index (χ1n) is 5.10. The lowest BCUT2D eigenvalue weighted by molar-refractivity contribution is -0.385. The van der Waals surface area contributed by atoms with Crippen molar-refractivity contribution in [3.8, 4) is 11.5 Å². The van der Waals surface area contributed by atoms with E-state index < -0.39 is 4.92 Å². The third-order valence-electron chi connectivity index (χ3n) is 2.28. The number of hydrogen-bond acceptors (Lipinski definition) is 4. The van der Waals surface area contributed by atoms with Crippen molar-refractivity contribution in [2.24, 2.45) is 7.05 Å². The van der Waals surface area contributed by atoms with Crippen LogP contribution in [0.25, 0.3) is 0 Å². The number of hydrogen-bond donors (Lipinski definition) is 0. The second-order valence-electron chi connectivity index (χ2n) is 3.64. The minimum Gasteiger partial charge on any atom is -0.447 e. The summed E-state index contributed by atoms with van der Waals surface area (Å²) in [5.74, 6) is 0.671. The van der Waals surface area contributed by atoms with E-state index in [1.807, 2.05) is 0 Å². The number of aromatic nitrogens is 2. The van der Waals surface area contributed by atoms with Gasteiger partial charge in [-0.05, 0) is 11.6 Å². The lowest BCUT2D eigenvalue weighted by atomic mass is 10.2. The lowest BCUT2D eigenvalue weighted by Gasteiger charge is -2.04. The molecule has 0 aliphatic carbocycles. The monoisotopic (exact) mass is 311 g/mol. The molecule has 0 fully saturated rings. The quantitative estimate of drug-likeness (QED) is 0.494. The van der Waals surface area contributed by atoms with Gasteiger partial charge in [0, 0.05) is 18.4 Å². The number of ether oxygens (including phenoxy) is 1. The Morgan fingerprint density at radius 1 is 1.56 bits per heavy atom. The second-order valence-corrected chi connectivity index (χ2v) is 4.21. The highest BCUT2D eigenvalue weighted by Gasteiger charge is 2.16. The third-order valence-corrected chi connectivity index (χ3v) is 2.93. The van der Waals surface area contributed by atoms with Crippen molar-refractivity contribution < 1.29 is 9.66 Å². The number of nitro groups is 1. The van der Waals surface area contributed by atoms with E-state index in [1.54, 1.807) is 30.1 Å². The van der Waals surface area contributed by atoms with E-state index in [-0.39, 0.29) is 11.4 Å². The highest BCUT2D eigenvalue weighted by atomic mass is 79.9. The van der Waals surface area contributed by atoms with Crippen molar-refractivity contribution in [1.82, 2.24) is 9.78 Å². The van der Waals surface area contributed by atoms with Crippen molar-refractivity contribution in [3.05, 3.63) is 46.3 Å². The number of alkyl halides is 1. The average molecular weight is 312 g/mol. The molecule has 1 aromatic heterocycles. The molecule has 0 saturated carbocycles. The molecule has 2 rings (SSSR count). The molecule has 0 bridgehead atoms. The van der Waals surface area contributed by atoms with Crippen molar-refractivity contribution in [3.63, 3.8) is 0 Å². The fourth-order valence-electron chi connectivity index (χ4n) is 1.45. The van der Waals surface area contributed by atoms with E-state index in [0.29, 0.717) is 11.1 Å². The fraction of sp³-hybridized carbons (Fsp3) is 0.182. The van der Waals surface area contributed by atoms with Crippen molar-refractivity contribution in [1.29, 1.82) is 0 Å². The maximum absolute atomic E-state index is 11.0. The van der Waals surface area contributed by atoms with Gasteiger partial charge in [0.25, 0.3) is 0 Å². The summed E-state index contributed by atoms with van der Waals surface area (Å²) >= 11 is 3.26. The van der Waals surface area contributed by atoms with Gasteiger partial charge in [0.2, 0.25) is 5.75 Å². The molecule has 0 saturated heterocycles. The number of benzene rings is 1. The van der Waals surface area contributed by atoms with Gasteiger partial charge in [-0.25, -0.2) is 0 Å². The van der Waals surface area contributed by atoms with Crippen molar-refractivity contribution in [2.75, 3.05) is 0 Å². The first kappa shape index (κ1) is 12.6. The Kier molecular flexibility index (Phi) is 3.61. The summed E-state index contributed by atoms with van der Waals surface area (Å²) in [5.41, 5.74) is 0.760. The van der Waals surface area contributed by atoms with Gasteiger partial charge in [0.05, 0.1) is 17.3 Å². The van der Waals surface area contributed by atoms with Crippen molar-refractivity contribution >= 4 is 21.6 Å². The predicted molar refractivity (Wildman–Crippen MR) is 69.0 cm³/mol. The second kappa shape index (κ2) is 5.18. The summed E-state index contributed by atoms with van der Waals surface area (Å²) < 4.78 is 7.01. The first-order chi connectivity index (χ1) is 8.60. The highest BCUT2D eigenvalue weighted by molar-refractivity contribution is 9.08. The smallest absolute Gasteiger partial charge is 0.311 e. The molecule has 0 unspecified atom stereocenters. The lowest BCUT2D eigenvalue weighted by Crippen LogP contribution is -1.94. The van der Waals surface area contributed by atoms with Crippen molar-refractivity contribution in [2.45, 2.75) is 5.33 Å². The predicted octanol–water partition coefficient (Wildman–Crippen LogP) is 3.02. The third kappa shape index (κ3) is 2.67. The van der Waals surface area contributed by atoms with E-state index in [9.17, 15) is 10.1 Å². The molecular formula is C11H10BrN3O3. The summed E-state index contributed by atoms with van der Waals surface area (Å²) in [6.07, 6.45) is 3.14. The van der Waals surface area contributed by atoms with E-state index >= 15 is 0 Å². The molecule has 1 aromatic carbocycles. The molecule has 18 heavy (non-hydrogen) atoms. The van der Waals surface area contributed by atoms with Crippen LogP contribution in [-0.4, -0.2) is 14.7 Å². The normalized spacial score (nSPS) is 10.3. The molecule has 0 atom stereocenters. The standard InChI is InChI=1S/C11H10BrN3O3/c1-14-7-9(6-13-14)18-11-3-2-8(5-12)4-10(11)15(16)17/h2-4,6-7H,5H2,1H3. The van der Waals surface area contributed by atoms with E-state index in [4.69, 9.17) is 4.74 Å². The minimum atomic E-state index is -0.460. The molecule has 0 aliphatic rings. The van der Waals surface area contributed by atoms with Gasteiger partial charge >= 0.3 is 5.69 Å². The van der Waals surface area contributed by atoms with Gasteiger partial charge in [-0.1, -0.05) is 22.0 Å². The number of nitrogens with zero attached hydrogens (tertiary/aromatic N) is 3. The summed E-state index contributed by atoms with van der Waals surface area (Å²) in [7, 11) is 1.75. The van der Waals surface area contributed by atoms with Gasteiger partial charge in [0.1, 0.15) is 0 Å². The van der Waals surface area contributed by atoms with Crippen LogP contribution >= 0.6 is 15.9 Å². The van der Waals surface area contributed by atoms with Gasteiger partial charge in [-0.2, -0.15) is 5.10 Å². The zero-order chi connectivity index (χ0) is 13.1. The Labute approximate surface area is 111 Å². The summed E-state index contributed by atoms with van der Waals surface area (Å²) in [5, 5.41) is 15.5. The van der Waals surface area contributed by atoms with Crippen LogP contribution in [0.4, 0.5) is 5.69 Å². The van der Waals surface area contributed by atoms with Crippen LogP contribution in [0.1, 0.15) is 5.56 Å². The summed E-state index contributed by atoms with van der Waals surface area (Å²) in [6.45, 7) is 0. The Morgan fingerprint density at radius 3 is 2.89 bits per heavy atom. The largest absolute Gasteiger partial charge is 0.447 e. The van der Waals surface area contributed by atoms with E-state index in [2.05, 4.69) is 21.0 Å². The van der Waals surface area contributed by atoms with Crippen LogP contribution in [-0.2, 0) is 12.4 Å². The molecule has 1 heterocycles. The fourth-order valence-corrected chi connectivity index (χ4v) is 1.80. The van der Waals surface area contributed by atoms with Crippen LogP contribution in [0.15, 0.2) is 30.6 Å². The number of nitro benzene ring substituents is 1. The molecule has 0 radical (unpaired) electrons. The summed E-state index contributed by atoms with van der Waals surface area (Å²) in [4.78, 5) is 10.5. The maximum Gasteiger partial charge on any atom is 0.311 e. The van der Waals surface area contributed by atoms with Crippen LogP contribution in [0.5, 0.6) is 11.5 Å². The molecule has 0 spiro atoms. The SMILES string of the molecule is Cn1cc(Oc2ccc(CBr)cc2[N+](=O)[O-])cn1. The van der Waals surface area contributed by atoms with E-state index in [1.165, 1.54) is 12.3 Å². The van der Waals surface area contributed by atoms with Crippen LogP contribution in [0, 0.1) is 10.1 Å². The number of halogens is 1. The number of rotatable bonds is 4. The van der Waals surface area contributed by atoms with Gasteiger partial charge in [0.15, 0.2) is 5.75 Å². The molecule has 94 valence electrons. The first-order valence-corrected chi connectivity index (χ1v) is 6.22. The average Bonchev–Trinajstić information content (AvgIpc) is 2.75. The maximum atomic E-state index is 11.0. The number of aryl methyl sites for hydroxylation is 1. The molecular weight excluding hydrogens is 302 g/mol. The highest BCUT2D eigenvalue weighted by Crippen LogP contribution is 2.32. The Bertz CT molecular complexity index is 583. The van der Waals surface area contributed by atoms with Gasteiger partial charge in [-0.3, -0.25) is 14.8 Å². The van der Waals surface area contributed by atoms with E-state index in [0.717, 1.165) is 5.56 Å². The van der Waals surface area contributed by atoms with Crippen LogP contribution in [0.3, 0.4) is 0 Å². The molecule has 0 aliphatic heterocycles. The Hall–Kier alpha value is -1.89. The zero-order valence-electron chi connectivity index (χ0n) is 9.54. The molecule has 0 N–H and O–H groups in total. The van der Waals surface area contributed by atoms with Crippen LogP contribution in [0.2, 0.25) is 0 Å². The Morgan fingerprint density at radius 2 is 2.33 bits per heavy atom. The zero-order valence-corrected chi connectivity index (χ0v) is 11.1. The molecule has 7 heteroatoms. The Balaban J connectivity index is 2.34. The van der Waals surface area contributed by atoms with Crippen LogP contribution < -0.4 is 4.74 Å². The summed E-state index contributed by atoms with van der Waals surface area (Å²) in [6, 6.07) is 4.84. The van der Waals surface area contributed by atoms with Gasteiger partial charge in [-0.15, -0.1) is 0 Å². The minimum absolute atomic E-state index is 0.0594.